The molecule has 0 bridgehead atoms. The number of amides is 1. The van der Waals surface area contributed by atoms with Crippen LogP contribution in [-0.2, 0) is 9.59 Å². The lowest BCUT2D eigenvalue weighted by atomic mass is 10.1. The molecule has 0 aromatic heterocycles. The van der Waals surface area contributed by atoms with Crippen LogP contribution in [0, 0.1) is 0 Å². The lowest BCUT2D eigenvalue weighted by Crippen LogP contribution is -2.42. The van der Waals surface area contributed by atoms with E-state index in [0.717, 1.165) is 0 Å². The molecular weight excluding hydrogens is 322 g/mol. The van der Waals surface area contributed by atoms with Crippen molar-refractivity contribution in [3.05, 3.63) is 54.1 Å². The van der Waals surface area contributed by atoms with Crippen LogP contribution in [0.3, 0.4) is 0 Å². The maximum atomic E-state index is 12.4. The highest BCUT2D eigenvalue weighted by atomic mass is 16.5. The van der Waals surface area contributed by atoms with Gasteiger partial charge >= 0.3 is 0 Å². The summed E-state index contributed by atoms with van der Waals surface area (Å²) in [4.78, 5) is 24.5. The number of hydrogen-bond acceptors (Lipinski definition) is 5. The van der Waals surface area contributed by atoms with Gasteiger partial charge in [0, 0.05) is 11.6 Å². The molecule has 128 valence electrons. The van der Waals surface area contributed by atoms with E-state index in [9.17, 15) is 9.59 Å². The van der Waals surface area contributed by atoms with Gasteiger partial charge in [0.1, 0.15) is 17.2 Å². The van der Waals surface area contributed by atoms with E-state index in [-0.39, 0.29) is 0 Å². The minimum Gasteiger partial charge on any atom is -0.497 e. The van der Waals surface area contributed by atoms with Crippen LogP contribution in [-0.4, -0.2) is 32.0 Å². The maximum Gasteiger partial charge on any atom is 0.273 e. The first kappa shape index (κ1) is 16.6. The Hall–Kier alpha value is -3.28. The van der Waals surface area contributed by atoms with Gasteiger partial charge in [-0.25, -0.2) is 0 Å². The molecule has 0 spiro atoms. The van der Waals surface area contributed by atoms with Crippen LogP contribution >= 0.6 is 0 Å². The van der Waals surface area contributed by atoms with Gasteiger partial charge in [-0.1, -0.05) is 12.1 Å². The summed E-state index contributed by atoms with van der Waals surface area (Å²) >= 11 is 0. The summed E-state index contributed by atoms with van der Waals surface area (Å²) in [6, 6.07) is 12.2. The Bertz CT molecular complexity index is 843. The van der Waals surface area contributed by atoms with Crippen molar-refractivity contribution in [2.75, 3.05) is 19.5 Å². The van der Waals surface area contributed by atoms with Crippen LogP contribution in [0.15, 0.2) is 48.5 Å². The molecule has 0 saturated carbocycles. The molecule has 0 fully saturated rings. The molecule has 0 aliphatic carbocycles. The Morgan fingerprint density at radius 2 is 1.96 bits per heavy atom. The van der Waals surface area contributed by atoms with E-state index < -0.39 is 17.8 Å². The van der Waals surface area contributed by atoms with Gasteiger partial charge in [-0.2, -0.15) is 0 Å². The summed E-state index contributed by atoms with van der Waals surface area (Å²) < 4.78 is 15.9. The number of ketones is 1. The second-order valence-corrected chi connectivity index (χ2v) is 5.33. The van der Waals surface area contributed by atoms with Gasteiger partial charge < -0.3 is 19.5 Å². The molecule has 0 radical (unpaired) electrons. The van der Waals surface area contributed by atoms with Crippen LogP contribution in [0.2, 0.25) is 0 Å². The molecule has 6 heteroatoms. The van der Waals surface area contributed by atoms with E-state index >= 15 is 0 Å². The van der Waals surface area contributed by atoms with Crippen molar-refractivity contribution in [2.45, 2.75) is 6.10 Å². The maximum absolute atomic E-state index is 12.4. The van der Waals surface area contributed by atoms with Crippen LogP contribution in [0.5, 0.6) is 17.2 Å². The molecule has 1 unspecified atom stereocenters. The van der Waals surface area contributed by atoms with Crippen LogP contribution in [0.1, 0.15) is 5.56 Å². The van der Waals surface area contributed by atoms with Gasteiger partial charge in [-0.05, 0) is 36.4 Å². The number of benzene rings is 2. The fraction of sp³-hybridized carbons (Fsp3) is 0.158. The first-order valence-electron chi connectivity index (χ1n) is 7.63. The third kappa shape index (κ3) is 3.47. The molecule has 0 saturated heterocycles. The van der Waals surface area contributed by atoms with Gasteiger partial charge in [0.2, 0.25) is 11.9 Å². The Balaban J connectivity index is 1.78. The average molecular weight is 339 g/mol. The second kappa shape index (κ2) is 7.09. The summed E-state index contributed by atoms with van der Waals surface area (Å²) in [5.41, 5.74) is 1.24. The first-order valence-corrected chi connectivity index (χ1v) is 7.63. The van der Waals surface area contributed by atoms with Crippen molar-refractivity contribution >= 4 is 23.5 Å². The van der Waals surface area contributed by atoms with E-state index in [1.165, 1.54) is 13.2 Å². The predicted octanol–water partition coefficient (Wildman–Crippen LogP) is 2.69. The molecular formula is C19H17NO5. The topological polar surface area (TPSA) is 73.9 Å². The molecule has 1 amide bonds. The zero-order valence-electron chi connectivity index (χ0n) is 13.8. The number of fused-ring (bicyclic) bond motifs is 1. The van der Waals surface area contributed by atoms with Crippen molar-refractivity contribution in [3.63, 3.8) is 0 Å². The third-order valence-corrected chi connectivity index (χ3v) is 3.75. The Morgan fingerprint density at radius 3 is 2.72 bits per heavy atom. The number of ether oxygens (including phenoxy) is 3. The normalized spacial score (nSPS) is 15.9. The van der Waals surface area contributed by atoms with Crippen LogP contribution in [0.4, 0.5) is 5.69 Å². The Morgan fingerprint density at radius 1 is 1.16 bits per heavy atom. The minimum absolute atomic E-state index is 0.454. The number of para-hydroxylation sites is 2. The van der Waals surface area contributed by atoms with Crippen molar-refractivity contribution in [1.29, 1.82) is 0 Å². The quantitative estimate of drug-likeness (QED) is 0.670. The van der Waals surface area contributed by atoms with Gasteiger partial charge in [-0.15, -0.1) is 0 Å². The highest BCUT2D eigenvalue weighted by Crippen LogP contribution is 2.29. The largest absolute Gasteiger partial charge is 0.497 e. The standard InChI is InChI=1S/C19H17NO5/c1-23-13-9-7-12(17(11-13)24-2)8-10-15(21)18-19(22)20-14-5-3-4-6-16(14)25-18/h3-11,18H,1-2H3,(H,20,22). The van der Waals surface area contributed by atoms with Crippen LogP contribution in [0.25, 0.3) is 6.08 Å². The van der Waals surface area contributed by atoms with Gasteiger partial charge in [-0.3, -0.25) is 9.59 Å². The SMILES string of the molecule is COc1ccc(C=CC(=O)C2Oc3ccccc3NC2=O)c(OC)c1. The average Bonchev–Trinajstić information content (AvgIpc) is 2.65. The van der Waals surface area contributed by atoms with E-state index in [1.54, 1.807) is 55.7 Å². The molecule has 2 aromatic carbocycles. The second-order valence-electron chi connectivity index (χ2n) is 5.33. The molecule has 2 aromatic rings. The van der Waals surface area contributed by atoms with Crippen LogP contribution < -0.4 is 19.5 Å². The third-order valence-electron chi connectivity index (χ3n) is 3.75. The fourth-order valence-electron chi connectivity index (χ4n) is 2.45. The van der Waals surface area contributed by atoms with Crippen molar-refractivity contribution in [2.24, 2.45) is 0 Å². The first-order chi connectivity index (χ1) is 12.1. The van der Waals surface area contributed by atoms with E-state index in [2.05, 4.69) is 5.32 Å². The number of anilines is 1. The molecule has 1 atom stereocenters. The minimum atomic E-state index is -1.21. The highest BCUT2D eigenvalue weighted by molar-refractivity contribution is 6.16. The number of hydrogen-bond donors (Lipinski definition) is 1. The number of carbonyl (C=O) groups is 2. The summed E-state index contributed by atoms with van der Waals surface area (Å²) in [6.45, 7) is 0. The number of methoxy groups -OCH3 is 2. The summed E-state index contributed by atoms with van der Waals surface area (Å²) in [5.74, 6) is 0.727. The zero-order chi connectivity index (χ0) is 17.8. The summed E-state index contributed by atoms with van der Waals surface area (Å²) in [5, 5.41) is 2.67. The monoisotopic (exact) mass is 339 g/mol. The molecule has 6 nitrogen and oxygen atoms in total. The number of rotatable bonds is 5. The lowest BCUT2D eigenvalue weighted by Gasteiger charge is -2.23. The Labute approximate surface area is 145 Å². The van der Waals surface area contributed by atoms with Gasteiger partial charge in [0.05, 0.1) is 19.9 Å². The van der Waals surface area contributed by atoms with E-state index in [0.29, 0.717) is 28.5 Å². The predicted molar refractivity (Wildman–Crippen MR) is 93.1 cm³/mol. The molecule has 3 rings (SSSR count). The van der Waals surface area contributed by atoms with E-state index in [4.69, 9.17) is 14.2 Å². The van der Waals surface area contributed by atoms with Gasteiger partial charge in [0.25, 0.3) is 5.91 Å². The summed E-state index contributed by atoms with van der Waals surface area (Å²) in [6.07, 6.45) is 1.68. The van der Waals surface area contributed by atoms with Crippen molar-refractivity contribution in [1.82, 2.24) is 0 Å². The number of nitrogens with one attached hydrogen (secondary N) is 1. The molecule has 25 heavy (non-hydrogen) atoms. The lowest BCUT2D eigenvalue weighted by molar-refractivity contribution is -0.132. The molecule has 1 heterocycles. The summed E-state index contributed by atoms with van der Waals surface area (Å²) in [7, 11) is 3.09. The molecule has 1 aliphatic heterocycles. The van der Waals surface area contributed by atoms with E-state index in [1.807, 2.05) is 0 Å². The molecule has 1 aliphatic rings. The smallest absolute Gasteiger partial charge is 0.273 e. The molecule has 1 N–H and O–H groups in total. The zero-order valence-corrected chi connectivity index (χ0v) is 13.8. The Kier molecular flexibility index (Phi) is 4.70. The fourth-order valence-corrected chi connectivity index (χ4v) is 2.45. The van der Waals surface area contributed by atoms with Gasteiger partial charge in [0.15, 0.2) is 0 Å². The van der Waals surface area contributed by atoms with Crippen molar-refractivity contribution in [3.8, 4) is 17.2 Å². The van der Waals surface area contributed by atoms with Crippen molar-refractivity contribution < 1.29 is 23.8 Å². The highest BCUT2D eigenvalue weighted by Gasteiger charge is 2.32. The number of carbonyl (C=O) groups excluding carboxylic acids is 2.